The summed E-state index contributed by atoms with van der Waals surface area (Å²) in [6.07, 6.45) is 2.90. The van der Waals surface area contributed by atoms with Crippen LogP contribution >= 0.6 is 0 Å². The van der Waals surface area contributed by atoms with Crippen LogP contribution in [0.2, 0.25) is 0 Å². The Hall–Kier alpha value is -17.0. The second-order valence-corrected chi connectivity index (χ2v) is 32.7. The molecule has 0 unspecified atom stereocenters. The Morgan fingerprint density at radius 2 is 0.333 bits per heavy atom. The zero-order valence-corrected chi connectivity index (χ0v) is 70.4. The minimum absolute atomic E-state index is 0.651. The summed E-state index contributed by atoms with van der Waals surface area (Å²) in [5.74, 6) is 5.91. The van der Waals surface area contributed by atoms with E-state index in [-0.39, 0.29) is 0 Å². The predicted molar refractivity (Wildman–Crippen MR) is 526 cm³/mol. The summed E-state index contributed by atoms with van der Waals surface area (Å²) in [7, 11) is 0. The molecular weight excluding hydrogens is 1570 g/mol. The average molecular weight is 1650 g/mol. The van der Waals surface area contributed by atoms with E-state index >= 15 is 0 Å². The van der Waals surface area contributed by atoms with Crippen LogP contribution in [0.4, 0.5) is 0 Å². The SMILES string of the molecule is c1ccc(-c2cc(-c3ccc4c(c3)-c3ccccc3C4)cc(-c3nc(-c4ccccc4)nc(-c4ccccc4)n3)c2)cc1.c1ccc(-c2cc(-c3ccc4c(c3)Cc3ccccc3-4)cc(-c3nc(-c4ccccc4)nc(-c4ccccc4)n3)c2)cc1.c1ccc(-c2cc(-c3nc(-c4ccccc4)nc(-c4ccccc4)n3)cc(-c3cccc4c3-c3ccccc3C4)c2)cc1. The third kappa shape index (κ3) is 16.3. The molecule has 18 aromatic carbocycles. The van der Waals surface area contributed by atoms with Gasteiger partial charge in [0.2, 0.25) is 0 Å². The molecule has 0 fully saturated rings. The second kappa shape index (κ2) is 35.0. The van der Waals surface area contributed by atoms with Crippen molar-refractivity contribution in [2.24, 2.45) is 0 Å². The molecule has 3 heterocycles. The normalized spacial score (nSPS) is 11.6. The van der Waals surface area contributed by atoms with Crippen molar-refractivity contribution in [2.45, 2.75) is 19.3 Å². The molecule has 21 aromatic rings. The van der Waals surface area contributed by atoms with E-state index in [1.165, 1.54) is 83.5 Å². The van der Waals surface area contributed by atoms with Gasteiger partial charge in [-0.2, -0.15) is 0 Å². The quantitative estimate of drug-likeness (QED) is 0.0989. The highest BCUT2D eigenvalue weighted by atomic mass is 15.1. The van der Waals surface area contributed by atoms with Gasteiger partial charge in [0.15, 0.2) is 52.4 Å². The largest absolute Gasteiger partial charge is 0.208 e. The summed E-state index contributed by atoms with van der Waals surface area (Å²) in [5, 5.41) is 0. The first-order valence-corrected chi connectivity index (χ1v) is 43.7. The van der Waals surface area contributed by atoms with Crippen molar-refractivity contribution in [3.8, 4) is 203 Å². The van der Waals surface area contributed by atoms with Gasteiger partial charge in [-0.1, -0.05) is 394 Å². The van der Waals surface area contributed by atoms with Gasteiger partial charge >= 0.3 is 0 Å². The van der Waals surface area contributed by atoms with Crippen molar-refractivity contribution in [1.29, 1.82) is 0 Å². The van der Waals surface area contributed by atoms with Crippen molar-refractivity contribution in [3.63, 3.8) is 0 Å². The van der Waals surface area contributed by atoms with E-state index in [4.69, 9.17) is 44.9 Å². The Morgan fingerprint density at radius 3 is 0.705 bits per heavy atom. The molecule has 3 aliphatic rings. The minimum Gasteiger partial charge on any atom is -0.208 e. The second-order valence-electron chi connectivity index (χ2n) is 32.7. The van der Waals surface area contributed by atoms with Gasteiger partial charge in [0.05, 0.1) is 0 Å². The first-order valence-electron chi connectivity index (χ1n) is 43.7. The lowest BCUT2D eigenvalue weighted by Gasteiger charge is -2.15. The van der Waals surface area contributed by atoms with Gasteiger partial charge in [-0.05, 0) is 213 Å². The van der Waals surface area contributed by atoms with Crippen LogP contribution in [0, 0.1) is 0 Å². The van der Waals surface area contributed by atoms with E-state index in [0.29, 0.717) is 52.4 Å². The van der Waals surface area contributed by atoms with Crippen molar-refractivity contribution in [2.75, 3.05) is 0 Å². The summed E-state index contributed by atoms with van der Waals surface area (Å²) in [5.41, 5.74) is 38.7. The van der Waals surface area contributed by atoms with Crippen LogP contribution < -0.4 is 0 Å². The van der Waals surface area contributed by atoms with Crippen molar-refractivity contribution in [3.05, 3.63) is 488 Å². The van der Waals surface area contributed by atoms with Crippen molar-refractivity contribution in [1.82, 2.24) is 44.9 Å². The van der Waals surface area contributed by atoms with Gasteiger partial charge in [-0.15, -0.1) is 0 Å². The lowest BCUT2D eigenvalue weighted by Crippen LogP contribution is -2.00. The fraction of sp³-hybridized carbons (Fsp3) is 0.0250. The fourth-order valence-corrected chi connectivity index (χ4v) is 18.0. The molecule has 0 N–H and O–H groups in total. The summed E-state index contributed by atoms with van der Waals surface area (Å²) in [6, 6.07) is 159. The number of nitrogens with zero attached hydrogens (tertiary/aromatic N) is 9. The molecule has 0 saturated carbocycles. The average Bonchev–Trinajstić information content (AvgIpc) is 1.65. The van der Waals surface area contributed by atoms with Gasteiger partial charge in [0, 0.05) is 50.1 Å². The maximum atomic E-state index is 5.06. The summed E-state index contributed by atoms with van der Waals surface area (Å²) >= 11 is 0. The number of rotatable bonds is 15. The van der Waals surface area contributed by atoms with E-state index in [2.05, 4.69) is 273 Å². The first-order chi connectivity index (χ1) is 63.9. The van der Waals surface area contributed by atoms with E-state index in [9.17, 15) is 0 Å². The third-order valence-corrected chi connectivity index (χ3v) is 24.4. The molecular formula is C120H81N9. The van der Waals surface area contributed by atoms with Crippen LogP contribution in [0.5, 0.6) is 0 Å². The number of hydrogen-bond acceptors (Lipinski definition) is 9. The highest BCUT2D eigenvalue weighted by molar-refractivity contribution is 5.94. The fourth-order valence-electron chi connectivity index (χ4n) is 18.0. The van der Waals surface area contributed by atoms with E-state index < -0.39 is 0 Å². The van der Waals surface area contributed by atoms with Crippen LogP contribution in [0.25, 0.3) is 203 Å². The van der Waals surface area contributed by atoms with Crippen LogP contribution in [-0.2, 0) is 19.3 Å². The Balaban J connectivity index is 0.000000114. The predicted octanol–water partition coefficient (Wildman–Crippen LogP) is 29.3. The minimum atomic E-state index is 0.651. The van der Waals surface area contributed by atoms with Crippen molar-refractivity contribution < 1.29 is 0 Å². The lowest BCUT2D eigenvalue weighted by atomic mass is 9.90. The maximum Gasteiger partial charge on any atom is 0.164 e. The Labute approximate surface area is 750 Å². The third-order valence-electron chi connectivity index (χ3n) is 24.4. The summed E-state index contributed by atoms with van der Waals surface area (Å²) in [6.45, 7) is 0. The number of fused-ring (bicyclic) bond motifs is 9. The van der Waals surface area contributed by atoms with Gasteiger partial charge < -0.3 is 0 Å². The number of benzene rings is 18. The molecule has 9 nitrogen and oxygen atoms in total. The van der Waals surface area contributed by atoms with E-state index in [0.717, 1.165) is 119 Å². The monoisotopic (exact) mass is 1650 g/mol. The molecule has 9 heteroatoms. The lowest BCUT2D eigenvalue weighted by molar-refractivity contribution is 1.07. The molecule has 0 atom stereocenters. The van der Waals surface area contributed by atoms with Crippen LogP contribution in [0.15, 0.2) is 455 Å². The molecule has 0 bridgehead atoms. The molecule has 3 aromatic heterocycles. The highest BCUT2D eigenvalue weighted by Crippen LogP contribution is 2.47. The molecule has 0 spiro atoms. The topological polar surface area (TPSA) is 116 Å². The molecule has 0 saturated heterocycles. The van der Waals surface area contributed by atoms with E-state index in [1.807, 2.05) is 182 Å². The molecule has 129 heavy (non-hydrogen) atoms. The summed E-state index contributed by atoms with van der Waals surface area (Å²) < 4.78 is 0. The molecule has 0 amide bonds. The van der Waals surface area contributed by atoms with Gasteiger partial charge in [0.25, 0.3) is 0 Å². The Bertz CT molecular complexity index is 7540. The standard InChI is InChI=1S/3C40H27N3/c1-4-13-27(14-5-1)32-24-33(36-22-12-20-31-23-30-19-10-11-21-35(30)37(31)36)26-34(25-32)40-42-38(28-15-6-2-7-16-28)41-39(43-40)29-17-8-3-9-18-29;1-4-12-27(13-5-1)33-23-34(30-20-21-32-22-31-18-10-11-19-36(31)37(32)26-30)25-35(24-33)40-42-38(28-14-6-2-7-15-28)41-39(43-40)29-16-8-3-9-17-29;1-4-12-27(13-5-1)32-24-33(30-20-21-37-34(22-30)23-31-18-10-11-19-36(31)37)26-35(25-32)40-42-38(28-14-6-2-7-15-28)41-39(43-40)29-16-8-3-9-17-29/h1-22,24-26H,23H2;1-21,23-26H,22H2;1-22,24-26H,23H2. The van der Waals surface area contributed by atoms with Crippen molar-refractivity contribution >= 4 is 0 Å². The number of aromatic nitrogens is 9. The number of hydrogen-bond donors (Lipinski definition) is 0. The van der Waals surface area contributed by atoms with Crippen LogP contribution in [-0.4, -0.2) is 44.9 Å². The Kier molecular flexibility index (Phi) is 21.1. The smallest absolute Gasteiger partial charge is 0.164 e. The highest BCUT2D eigenvalue weighted by Gasteiger charge is 2.27. The molecule has 3 aliphatic carbocycles. The molecule has 24 rings (SSSR count). The maximum absolute atomic E-state index is 5.06. The van der Waals surface area contributed by atoms with Crippen LogP contribution in [0.3, 0.4) is 0 Å². The first kappa shape index (κ1) is 78.0. The van der Waals surface area contributed by atoms with E-state index in [1.54, 1.807) is 0 Å². The van der Waals surface area contributed by atoms with Gasteiger partial charge in [-0.3, -0.25) is 0 Å². The van der Waals surface area contributed by atoms with Gasteiger partial charge in [0.1, 0.15) is 0 Å². The van der Waals surface area contributed by atoms with Crippen LogP contribution in [0.1, 0.15) is 33.4 Å². The summed E-state index contributed by atoms with van der Waals surface area (Å²) in [4.78, 5) is 44.9. The molecule has 606 valence electrons. The zero-order valence-electron chi connectivity index (χ0n) is 70.4. The molecule has 0 radical (unpaired) electrons. The molecule has 0 aliphatic heterocycles. The Morgan fingerprint density at radius 1 is 0.109 bits per heavy atom. The zero-order chi connectivity index (χ0) is 85.8. The van der Waals surface area contributed by atoms with Gasteiger partial charge in [-0.25, -0.2) is 44.9 Å².